The summed E-state index contributed by atoms with van der Waals surface area (Å²) in [5, 5.41) is 3.31. The van der Waals surface area contributed by atoms with Crippen LogP contribution in [0.1, 0.15) is 15.9 Å². The van der Waals surface area contributed by atoms with E-state index in [4.69, 9.17) is 11.6 Å². The average Bonchev–Trinajstić information content (AvgIpc) is 2.37. The predicted octanol–water partition coefficient (Wildman–Crippen LogP) is 1.96. The molecule has 2 N–H and O–H groups in total. The molecule has 1 aromatic carbocycles. The summed E-state index contributed by atoms with van der Waals surface area (Å²) in [4.78, 5) is 25.3. The molecule has 1 amide bonds. The second-order valence-electron chi connectivity index (χ2n) is 3.72. The molecule has 0 unspecified atom stereocenters. The smallest absolute Gasteiger partial charge is 0.251 e. The van der Waals surface area contributed by atoms with Gasteiger partial charge in [-0.3, -0.25) is 9.59 Å². The third-order valence-corrected chi connectivity index (χ3v) is 2.80. The first-order valence-corrected chi connectivity index (χ1v) is 5.75. The summed E-state index contributed by atoms with van der Waals surface area (Å²) in [6, 6.07) is 10.1. The third-order valence-electron chi connectivity index (χ3n) is 2.43. The first kappa shape index (κ1) is 12.4. The maximum absolute atomic E-state index is 11.8. The lowest BCUT2D eigenvalue weighted by atomic mass is 10.2. The van der Waals surface area contributed by atoms with Gasteiger partial charge in [0.05, 0.1) is 0 Å². The molecule has 4 nitrogen and oxygen atoms in total. The molecular formula is C13H11ClN2O2. The molecule has 0 saturated carbocycles. The van der Waals surface area contributed by atoms with Gasteiger partial charge in [-0.25, -0.2) is 0 Å². The van der Waals surface area contributed by atoms with E-state index in [1.807, 2.05) is 18.2 Å². The highest BCUT2D eigenvalue weighted by atomic mass is 35.5. The summed E-state index contributed by atoms with van der Waals surface area (Å²) < 4.78 is 0. The van der Waals surface area contributed by atoms with Crippen molar-refractivity contribution in [1.29, 1.82) is 0 Å². The van der Waals surface area contributed by atoms with Crippen molar-refractivity contribution in [3.05, 3.63) is 69.1 Å². The number of rotatable bonds is 3. The predicted molar refractivity (Wildman–Crippen MR) is 69.7 cm³/mol. The zero-order chi connectivity index (χ0) is 13.0. The topological polar surface area (TPSA) is 62.0 Å². The molecule has 0 radical (unpaired) electrons. The second-order valence-corrected chi connectivity index (χ2v) is 4.12. The minimum Gasteiger partial charge on any atom is -0.348 e. The standard InChI is InChI=1S/C13H11ClN2O2/c14-11-4-2-1-3-10(11)8-16-13(18)9-5-6-15-12(17)7-9/h1-7H,8H2,(H,15,17)(H,16,18). The number of benzene rings is 1. The SMILES string of the molecule is O=C(NCc1ccccc1Cl)c1cc[nH]c(=O)c1. The Bertz CT molecular complexity index is 622. The van der Waals surface area contributed by atoms with Crippen LogP contribution in [0.25, 0.3) is 0 Å². The number of H-pyrrole nitrogens is 1. The number of nitrogens with one attached hydrogen (secondary N) is 2. The lowest BCUT2D eigenvalue weighted by Gasteiger charge is -2.06. The van der Waals surface area contributed by atoms with E-state index in [-0.39, 0.29) is 11.5 Å². The van der Waals surface area contributed by atoms with Crippen LogP contribution in [-0.2, 0) is 6.54 Å². The van der Waals surface area contributed by atoms with E-state index in [0.717, 1.165) is 5.56 Å². The Morgan fingerprint density at radius 2 is 2.06 bits per heavy atom. The monoisotopic (exact) mass is 262 g/mol. The highest BCUT2D eigenvalue weighted by Gasteiger charge is 2.06. The molecule has 2 rings (SSSR count). The highest BCUT2D eigenvalue weighted by Crippen LogP contribution is 2.14. The molecule has 0 atom stereocenters. The number of halogens is 1. The normalized spacial score (nSPS) is 10.1. The van der Waals surface area contributed by atoms with E-state index in [9.17, 15) is 9.59 Å². The average molecular weight is 263 g/mol. The quantitative estimate of drug-likeness (QED) is 0.888. The fourth-order valence-electron chi connectivity index (χ4n) is 1.51. The van der Waals surface area contributed by atoms with Gasteiger partial charge < -0.3 is 10.3 Å². The van der Waals surface area contributed by atoms with Crippen molar-refractivity contribution in [3.63, 3.8) is 0 Å². The van der Waals surface area contributed by atoms with Gasteiger partial charge >= 0.3 is 0 Å². The summed E-state index contributed by atoms with van der Waals surface area (Å²) >= 11 is 5.97. The molecule has 0 bridgehead atoms. The van der Waals surface area contributed by atoms with E-state index in [1.54, 1.807) is 12.1 Å². The van der Waals surface area contributed by atoms with Crippen LogP contribution in [0.15, 0.2) is 47.4 Å². The summed E-state index contributed by atoms with van der Waals surface area (Å²) in [7, 11) is 0. The molecule has 92 valence electrons. The van der Waals surface area contributed by atoms with Gasteiger partial charge in [-0.15, -0.1) is 0 Å². The fraction of sp³-hybridized carbons (Fsp3) is 0.0769. The second kappa shape index (κ2) is 5.51. The van der Waals surface area contributed by atoms with E-state index in [1.165, 1.54) is 12.3 Å². The van der Waals surface area contributed by atoms with E-state index in [2.05, 4.69) is 10.3 Å². The Balaban J connectivity index is 2.05. The molecule has 0 aliphatic heterocycles. The largest absolute Gasteiger partial charge is 0.348 e. The van der Waals surface area contributed by atoms with Crippen LogP contribution in [0.2, 0.25) is 5.02 Å². The number of carbonyl (C=O) groups is 1. The number of amides is 1. The number of aromatic amines is 1. The molecule has 0 spiro atoms. The molecule has 0 aliphatic rings. The van der Waals surface area contributed by atoms with Gasteiger partial charge in [-0.1, -0.05) is 29.8 Å². The Morgan fingerprint density at radius 3 is 2.78 bits per heavy atom. The van der Waals surface area contributed by atoms with Crippen LogP contribution >= 0.6 is 11.6 Å². The van der Waals surface area contributed by atoms with Crippen molar-refractivity contribution in [3.8, 4) is 0 Å². The van der Waals surface area contributed by atoms with Gasteiger partial charge in [0.15, 0.2) is 0 Å². The van der Waals surface area contributed by atoms with Crippen molar-refractivity contribution in [2.75, 3.05) is 0 Å². The third kappa shape index (κ3) is 2.99. The Kier molecular flexibility index (Phi) is 3.79. The summed E-state index contributed by atoms with van der Waals surface area (Å²) in [6.07, 6.45) is 1.44. The van der Waals surface area contributed by atoms with Gasteiger partial charge in [-0.05, 0) is 17.7 Å². The first-order chi connectivity index (χ1) is 8.66. The number of pyridine rings is 1. The van der Waals surface area contributed by atoms with Crippen LogP contribution in [-0.4, -0.2) is 10.9 Å². The zero-order valence-corrected chi connectivity index (χ0v) is 10.2. The van der Waals surface area contributed by atoms with Crippen LogP contribution < -0.4 is 10.9 Å². The Hall–Kier alpha value is -2.07. The molecule has 0 fully saturated rings. The molecule has 2 aromatic rings. The number of aromatic nitrogens is 1. The minimum atomic E-state index is -0.305. The van der Waals surface area contributed by atoms with Crippen LogP contribution in [0, 0.1) is 0 Å². The summed E-state index contributed by atoms with van der Waals surface area (Å²) in [6.45, 7) is 0.325. The van der Waals surface area contributed by atoms with Gasteiger partial charge in [0.1, 0.15) is 0 Å². The molecular weight excluding hydrogens is 252 g/mol. The summed E-state index contributed by atoms with van der Waals surface area (Å²) in [5.74, 6) is -0.305. The van der Waals surface area contributed by atoms with Crippen molar-refractivity contribution >= 4 is 17.5 Å². The van der Waals surface area contributed by atoms with Gasteiger partial charge in [-0.2, -0.15) is 0 Å². The zero-order valence-electron chi connectivity index (χ0n) is 9.44. The van der Waals surface area contributed by atoms with Gasteiger partial charge in [0.25, 0.3) is 5.91 Å². The number of carbonyl (C=O) groups excluding carboxylic acids is 1. The van der Waals surface area contributed by atoms with Crippen molar-refractivity contribution < 1.29 is 4.79 Å². The van der Waals surface area contributed by atoms with Crippen molar-refractivity contribution in [2.45, 2.75) is 6.54 Å². The van der Waals surface area contributed by atoms with E-state index < -0.39 is 0 Å². The molecule has 0 aliphatic carbocycles. The van der Waals surface area contributed by atoms with Crippen molar-refractivity contribution in [1.82, 2.24) is 10.3 Å². The van der Waals surface area contributed by atoms with E-state index in [0.29, 0.717) is 17.1 Å². The lowest BCUT2D eigenvalue weighted by molar-refractivity contribution is 0.0950. The maximum atomic E-state index is 11.8. The molecule has 1 heterocycles. The first-order valence-electron chi connectivity index (χ1n) is 5.37. The van der Waals surface area contributed by atoms with Crippen LogP contribution in [0.4, 0.5) is 0 Å². The lowest BCUT2D eigenvalue weighted by Crippen LogP contribution is -2.24. The number of hydrogen-bond donors (Lipinski definition) is 2. The number of hydrogen-bond acceptors (Lipinski definition) is 2. The fourth-order valence-corrected chi connectivity index (χ4v) is 1.71. The highest BCUT2D eigenvalue weighted by molar-refractivity contribution is 6.31. The van der Waals surface area contributed by atoms with Gasteiger partial charge in [0.2, 0.25) is 5.56 Å². The molecule has 1 aromatic heterocycles. The van der Waals surface area contributed by atoms with Crippen LogP contribution in [0.3, 0.4) is 0 Å². The Labute approximate surface area is 109 Å². The van der Waals surface area contributed by atoms with Gasteiger partial charge in [0, 0.05) is 29.4 Å². The molecule has 18 heavy (non-hydrogen) atoms. The minimum absolute atomic E-state index is 0.305. The Morgan fingerprint density at radius 1 is 1.28 bits per heavy atom. The maximum Gasteiger partial charge on any atom is 0.251 e. The molecule has 0 saturated heterocycles. The molecule has 5 heteroatoms. The summed E-state index contributed by atoms with van der Waals surface area (Å²) in [5.41, 5.74) is 0.851. The van der Waals surface area contributed by atoms with Crippen LogP contribution in [0.5, 0.6) is 0 Å². The van der Waals surface area contributed by atoms with E-state index >= 15 is 0 Å². The van der Waals surface area contributed by atoms with Crippen molar-refractivity contribution in [2.24, 2.45) is 0 Å².